The van der Waals surface area contributed by atoms with Gasteiger partial charge in [-0.1, -0.05) is 31.4 Å². The number of aliphatic hydroxyl groups is 2. The lowest BCUT2D eigenvalue weighted by atomic mass is 10.2. The number of aliphatic hydroxyl groups excluding tert-OH is 2. The lowest BCUT2D eigenvalue weighted by molar-refractivity contribution is -0.0459. The predicted molar refractivity (Wildman–Crippen MR) is 85.3 cm³/mol. The quantitative estimate of drug-likeness (QED) is 0.679. The predicted octanol–water partition coefficient (Wildman–Crippen LogP) is 0.0679. The Morgan fingerprint density at radius 3 is 2.68 bits per heavy atom. The Morgan fingerprint density at radius 2 is 2.14 bits per heavy atom. The summed E-state index contributed by atoms with van der Waals surface area (Å²) >= 11 is 0. The van der Waals surface area contributed by atoms with E-state index in [0.717, 1.165) is 0 Å². The molecule has 0 bridgehead atoms. The largest absolute Gasteiger partial charge is 0.394 e. The molecule has 8 heteroatoms. The first-order valence-corrected chi connectivity index (χ1v) is 10.8. The zero-order valence-electron chi connectivity index (χ0n) is 12.9. The van der Waals surface area contributed by atoms with Gasteiger partial charge in [0.25, 0.3) is 5.56 Å². The second-order valence-corrected chi connectivity index (χ2v) is 11.6. The Balaban J connectivity index is 2.36. The highest BCUT2D eigenvalue weighted by Crippen LogP contribution is 2.27. The van der Waals surface area contributed by atoms with Crippen molar-refractivity contribution in [2.75, 3.05) is 6.61 Å². The minimum atomic E-state index is -1.48. The van der Waals surface area contributed by atoms with Gasteiger partial charge in [0, 0.05) is 12.6 Å². The van der Waals surface area contributed by atoms with Crippen LogP contribution in [0.25, 0.3) is 6.08 Å². The number of nitrogens with zero attached hydrogens (tertiary/aromatic N) is 1. The molecule has 0 aromatic carbocycles. The average molecular weight is 326 g/mol. The molecule has 1 aliphatic heterocycles. The van der Waals surface area contributed by atoms with Gasteiger partial charge in [0.15, 0.2) is 0 Å². The molecule has 2 rings (SSSR count). The Bertz CT molecular complexity index is 673. The molecule has 3 N–H and O–H groups in total. The van der Waals surface area contributed by atoms with Crippen molar-refractivity contribution < 1.29 is 14.9 Å². The number of nitrogens with one attached hydrogen (secondary N) is 1. The van der Waals surface area contributed by atoms with E-state index in [0.29, 0.717) is 5.56 Å². The van der Waals surface area contributed by atoms with Gasteiger partial charge < -0.3 is 14.9 Å². The molecule has 3 atom stereocenters. The van der Waals surface area contributed by atoms with E-state index < -0.39 is 37.8 Å². The first-order valence-electron chi connectivity index (χ1n) is 7.20. The van der Waals surface area contributed by atoms with Crippen molar-refractivity contribution >= 4 is 14.1 Å². The molecule has 3 unspecified atom stereocenters. The van der Waals surface area contributed by atoms with E-state index in [4.69, 9.17) is 9.84 Å². The third-order valence-electron chi connectivity index (χ3n) is 3.45. The molecule has 22 heavy (non-hydrogen) atoms. The van der Waals surface area contributed by atoms with Gasteiger partial charge in [0.2, 0.25) is 0 Å². The summed E-state index contributed by atoms with van der Waals surface area (Å²) in [5.74, 6) is 0. The molecule has 0 amide bonds. The van der Waals surface area contributed by atoms with Crippen LogP contribution in [0, 0.1) is 0 Å². The van der Waals surface area contributed by atoms with Crippen molar-refractivity contribution in [1.82, 2.24) is 9.55 Å². The standard InChI is InChI=1S/C14H22N2O5Si/c1-22(2,3)5-4-9-7-16(14(20)15-13(9)19)12-6-10(18)11(8-17)21-12/h4-5,7,10-12,17-18H,6,8H2,1-3H3,(H,15,19,20). The minimum absolute atomic E-state index is 0.189. The lowest BCUT2D eigenvalue weighted by Crippen LogP contribution is -2.33. The summed E-state index contributed by atoms with van der Waals surface area (Å²) < 4.78 is 6.71. The van der Waals surface area contributed by atoms with Gasteiger partial charge in [-0.2, -0.15) is 0 Å². The van der Waals surface area contributed by atoms with Crippen molar-refractivity contribution in [3.05, 3.63) is 38.3 Å². The van der Waals surface area contributed by atoms with Crippen molar-refractivity contribution in [3.63, 3.8) is 0 Å². The average Bonchev–Trinajstić information content (AvgIpc) is 2.77. The fourth-order valence-electron chi connectivity index (χ4n) is 2.22. The summed E-state index contributed by atoms with van der Waals surface area (Å²) in [5, 5.41) is 18.9. The van der Waals surface area contributed by atoms with Gasteiger partial charge >= 0.3 is 5.69 Å². The van der Waals surface area contributed by atoms with E-state index in [2.05, 4.69) is 24.6 Å². The van der Waals surface area contributed by atoms with Crippen molar-refractivity contribution in [2.45, 2.75) is 44.5 Å². The minimum Gasteiger partial charge on any atom is -0.394 e. The van der Waals surface area contributed by atoms with Crippen LogP contribution in [0.15, 0.2) is 21.5 Å². The maximum atomic E-state index is 11.9. The molecular weight excluding hydrogens is 304 g/mol. The molecule has 0 spiro atoms. The summed E-state index contributed by atoms with van der Waals surface area (Å²) in [6.07, 6.45) is 1.09. The summed E-state index contributed by atoms with van der Waals surface area (Å²) in [5.41, 5.74) is 1.33. The smallest absolute Gasteiger partial charge is 0.330 e. The fourth-order valence-corrected chi connectivity index (χ4v) is 2.90. The van der Waals surface area contributed by atoms with E-state index in [1.165, 1.54) is 10.8 Å². The highest BCUT2D eigenvalue weighted by Gasteiger charge is 2.35. The van der Waals surface area contributed by atoms with E-state index in [-0.39, 0.29) is 13.0 Å². The topological polar surface area (TPSA) is 105 Å². The zero-order valence-corrected chi connectivity index (χ0v) is 13.9. The van der Waals surface area contributed by atoms with Crippen LogP contribution in [0.5, 0.6) is 0 Å². The van der Waals surface area contributed by atoms with Crippen LogP contribution in [0.2, 0.25) is 19.6 Å². The molecule has 1 aliphatic rings. The first kappa shape index (κ1) is 16.9. The van der Waals surface area contributed by atoms with Crippen LogP contribution in [0.3, 0.4) is 0 Å². The molecule has 7 nitrogen and oxygen atoms in total. The molecule has 1 saturated heterocycles. The van der Waals surface area contributed by atoms with Gasteiger partial charge in [-0.05, 0) is 0 Å². The second-order valence-electron chi connectivity index (χ2n) is 6.57. The third-order valence-corrected chi connectivity index (χ3v) is 4.62. The molecule has 0 radical (unpaired) electrons. The maximum absolute atomic E-state index is 11.9. The number of hydrogen-bond acceptors (Lipinski definition) is 5. The molecule has 122 valence electrons. The molecule has 0 saturated carbocycles. The first-order chi connectivity index (χ1) is 10.2. The van der Waals surface area contributed by atoms with Crippen LogP contribution < -0.4 is 11.2 Å². The summed E-state index contributed by atoms with van der Waals surface area (Å²) in [6.45, 7) is 6.08. The van der Waals surface area contributed by atoms with Gasteiger partial charge in [-0.25, -0.2) is 4.79 Å². The van der Waals surface area contributed by atoms with E-state index in [1.807, 2.05) is 5.70 Å². The summed E-state index contributed by atoms with van der Waals surface area (Å²) in [4.78, 5) is 26.1. The van der Waals surface area contributed by atoms with E-state index in [1.54, 1.807) is 6.08 Å². The molecule has 0 aliphatic carbocycles. The Hall–Kier alpha value is -1.48. The number of aromatic amines is 1. The normalized spacial score (nSPS) is 26.0. The van der Waals surface area contributed by atoms with Crippen LogP contribution in [-0.2, 0) is 4.74 Å². The van der Waals surface area contributed by atoms with Crippen LogP contribution in [-0.4, -0.2) is 46.7 Å². The maximum Gasteiger partial charge on any atom is 0.330 e. The Morgan fingerprint density at radius 1 is 1.45 bits per heavy atom. The second kappa shape index (κ2) is 6.33. The molecule has 1 aromatic heterocycles. The number of ether oxygens (including phenoxy) is 1. The van der Waals surface area contributed by atoms with Gasteiger partial charge in [0.1, 0.15) is 12.3 Å². The van der Waals surface area contributed by atoms with E-state index in [9.17, 15) is 14.7 Å². The summed E-state index contributed by atoms with van der Waals surface area (Å²) in [6, 6.07) is 0. The number of H-pyrrole nitrogens is 1. The van der Waals surface area contributed by atoms with Gasteiger partial charge in [-0.15, -0.1) is 0 Å². The van der Waals surface area contributed by atoms with Gasteiger partial charge in [-0.3, -0.25) is 14.3 Å². The van der Waals surface area contributed by atoms with Crippen LogP contribution in [0.4, 0.5) is 0 Å². The highest BCUT2D eigenvalue weighted by molar-refractivity contribution is 6.81. The van der Waals surface area contributed by atoms with Crippen molar-refractivity contribution in [1.29, 1.82) is 0 Å². The van der Waals surface area contributed by atoms with Gasteiger partial charge in [0.05, 0.1) is 26.3 Å². The fraction of sp³-hybridized carbons (Fsp3) is 0.571. The monoisotopic (exact) mass is 326 g/mol. The number of hydrogen-bond donors (Lipinski definition) is 3. The lowest BCUT2D eigenvalue weighted by Gasteiger charge is -2.15. The molecular formula is C14H22N2O5Si. The van der Waals surface area contributed by atoms with E-state index >= 15 is 0 Å². The van der Waals surface area contributed by atoms with Crippen LogP contribution >= 0.6 is 0 Å². The Labute approximate surface area is 128 Å². The zero-order chi connectivity index (χ0) is 16.5. The molecule has 1 aromatic rings. The van der Waals surface area contributed by atoms with Crippen molar-refractivity contribution in [2.24, 2.45) is 0 Å². The molecule has 1 fully saturated rings. The molecule has 2 heterocycles. The van der Waals surface area contributed by atoms with Crippen LogP contribution in [0.1, 0.15) is 18.2 Å². The number of aromatic nitrogens is 2. The SMILES string of the molecule is C[Si](C)(C)C=Cc1cn(C2CC(O)C(CO)O2)c(=O)[nH]c1=O. The Kier molecular flexibility index (Phi) is 4.86. The highest BCUT2D eigenvalue weighted by atomic mass is 28.3. The summed E-state index contributed by atoms with van der Waals surface area (Å²) in [7, 11) is -1.48. The number of rotatable bonds is 4. The third kappa shape index (κ3) is 3.83. The van der Waals surface area contributed by atoms with Crippen molar-refractivity contribution in [3.8, 4) is 0 Å².